The first-order valence-corrected chi connectivity index (χ1v) is 11.6. The predicted molar refractivity (Wildman–Crippen MR) is 111 cm³/mol. The van der Waals surface area contributed by atoms with Crippen molar-refractivity contribution in [3.63, 3.8) is 0 Å². The Hall–Kier alpha value is -0.820. The van der Waals surface area contributed by atoms with Gasteiger partial charge in [-0.05, 0) is 104 Å². The zero-order chi connectivity index (χ0) is 18.6. The summed E-state index contributed by atoms with van der Waals surface area (Å²) in [5.74, 6) is 5.04. The number of aliphatic hydroxyl groups is 1. The number of rotatable bonds is 5. The van der Waals surface area contributed by atoms with Gasteiger partial charge in [0.05, 0.1) is 6.10 Å². The summed E-state index contributed by atoms with van der Waals surface area (Å²) < 4.78 is 0. The van der Waals surface area contributed by atoms with Crippen LogP contribution in [0.1, 0.15) is 77.2 Å². The first kappa shape index (κ1) is 18.2. The third kappa shape index (κ3) is 2.75. The molecular weight excluding hydrogens is 328 g/mol. The highest BCUT2D eigenvalue weighted by molar-refractivity contribution is 5.31. The highest BCUT2D eigenvalue weighted by Gasteiger charge is 2.66. The molecule has 5 unspecified atom stereocenters. The maximum atomic E-state index is 10.7. The first-order valence-electron chi connectivity index (χ1n) is 11.6. The van der Waals surface area contributed by atoms with Crippen molar-refractivity contribution in [1.82, 2.24) is 0 Å². The monoisotopic (exact) mass is 365 g/mol. The smallest absolute Gasteiger partial charge is 0.0568 e. The zero-order valence-electron chi connectivity index (χ0n) is 17.3. The molecule has 1 radical (unpaired) electrons. The first-order chi connectivity index (χ1) is 13.0. The van der Waals surface area contributed by atoms with Gasteiger partial charge in [-0.25, -0.2) is 0 Å². The zero-order valence-corrected chi connectivity index (χ0v) is 17.3. The van der Waals surface area contributed by atoms with E-state index in [9.17, 15) is 5.11 Å². The summed E-state index contributed by atoms with van der Waals surface area (Å²) in [7, 11) is 0. The van der Waals surface area contributed by atoms with Crippen molar-refractivity contribution in [2.75, 3.05) is 0 Å². The molecule has 4 bridgehead atoms. The van der Waals surface area contributed by atoms with E-state index in [0.29, 0.717) is 22.7 Å². The van der Waals surface area contributed by atoms with Gasteiger partial charge in [0, 0.05) is 0 Å². The molecule has 0 spiro atoms. The van der Waals surface area contributed by atoms with E-state index in [1.165, 1.54) is 63.4 Å². The molecule has 1 nitrogen and oxygen atoms in total. The van der Waals surface area contributed by atoms with Gasteiger partial charge in [-0.2, -0.15) is 0 Å². The van der Waals surface area contributed by atoms with Crippen molar-refractivity contribution in [3.05, 3.63) is 41.8 Å². The van der Waals surface area contributed by atoms with Gasteiger partial charge in [-0.15, -0.1) is 0 Å². The van der Waals surface area contributed by atoms with E-state index < -0.39 is 0 Å². The molecule has 6 rings (SSSR count). The van der Waals surface area contributed by atoms with Crippen LogP contribution in [0.25, 0.3) is 0 Å². The molecule has 1 aromatic rings. The van der Waals surface area contributed by atoms with Crippen LogP contribution < -0.4 is 0 Å². The van der Waals surface area contributed by atoms with E-state index in [1.54, 1.807) is 0 Å². The fraction of sp³-hybridized carbons (Fsp3) is 0.731. The van der Waals surface area contributed by atoms with E-state index in [4.69, 9.17) is 0 Å². The van der Waals surface area contributed by atoms with Crippen LogP contribution in [-0.2, 0) is 6.42 Å². The van der Waals surface area contributed by atoms with Gasteiger partial charge in [0.25, 0.3) is 0 Å². The Morgan fingerprint density at radius 2 is 1.74 bits per heavy atom. The summed E-state index contributed by atoms with van der Waals surface area (Å²) in [6.45, 7) is 5.01. The molecule has 0 amide bonds. The molecule has 5 aliphatic rings. The minimum Gasteiger partial charge on any atom is -0.393 e. The summed E-state index contributed by atoms with van der Waals surface area (Å²) >= 11 is 0. The van der Waals surface area contributed by atoms with E-state index >= 15 is 0 Å². The maximum Gasteiger partial charge on any atom is 0.0568 e. The molecule has 5 saturated carbocycles. The molecule has 5 atom stereocenters. The lowest BCUT2D eigenvalue weighted by molar-refractivity contribution is -0.150. The summed E-state index contributed by atoms with van der Waals surface area (Å²) in [4.78, 5) is 0. The minimum atomic E-state index is -0.0374. The Kier molecular flexibility index (Phi) is 4.46. The fourth-order valence-electron chi connectivity index (χ4n) is 8.58. The van der Waals surface area contributed by atoms with E-state index in [2.05, 4.69) is 44.2 Å². The van der Waals surface area contributed by atoms with Crippen LogP contribution in [0, 0.1) is 40.4 Å². The van der Waals surface area contributed by atoms with Crippen molar-refractivity contribution < 1.29 is 5.11 Å². The Labute approximate surface area is 166 Å². The average molecular weight is 366 g/mol. The number of aliphatic hydroxyl groups excluding tert-OH is 1. The van der Waals surface area contributed by atoms with Crippen LogP contribution in [0.5, 0.6) is 0 Å². The minimum absolute atomic E-state index is 0.0374. The maximum absolute atomic E-state index is 10.7. The third-order valence-electron chi connectivity index (χ3n) is 9.26. The van der Waals surface area contributed by atoms with E-state index in [-0.39, 0.29) is 6.10 Å². The predicted octanol–water partition coefficient (Wildman–Crippen LogP) is 6.21. The van der Waals surface area contributed by atoms with Gasteiger partial charge in [-0.3, -0.25) is 0 Å². The molecule has 0 aliphatic heterocycles. The van der Waals surface area contributed by atoms with Crippen molar-refractivity contribution in [1.29, 1.82) is 0 Å². The molecule has 1 N–H and O–H groups in total. The molecule has 5 fully saturated rings. The molecule has 147 valence electrons. The summed E-state index contributed by atoms with van der Waals surface area (Å²) in [6.07, 6.45) is 13.2. The van der Waals surface area contributed by atoms with Crippen LogP contribution in [0.3, 0.4) is 0 Å². The third-order valence-corrected chi connectivity index (χ3v) is 9.26. The summed E-state index contributed by atoms with van der Waals surface area (Å²) in [5.41, 5.74) is 2.31. The molecule has 0 heterocycles. The van der Waals surface area contributed by atoms with Crippen LogP contribution in [-0.4, -0.2) is 11.2 Å². The largest absolute Gasteiger partial charge is 0.393 e. The average Bonchev–Trinajstić information content (AvgIpc) is 3.02. The van der Waals surface area contributed by atoms with E-state index in [1.807, 2.05) is 5.92 Å². The topological polar surface area (TPSA) is 20.2 Å². The van der Waals surface area contributed by atoms with Crippen molar-refractivity contribution in [3.8, 4) is 0 Å². The Bertz CT molecular complexity index is 650. The standard InChI is InChI=1S/C26H37O/c1-18(2)26(16-19-7-4-3-5-8-19)23-12-20-11-21(13-23)15-25(26,14-20)17-22-9-6-10-24(22)27/h3-5,7-8,18,20-22,24,27H,6,9-17H2,1-2H3. The molecule has 5 aliphatic carbocycles. The fourth-order valence-corrected chi connectivity index (χ4v) is 8.58. The van der Waals surface area contributed by atoms with Gasteiger partial charge in [-0.1, -0.05) is 50.6 Å². The van der Waals surface area contributed by atoms with Crippen molar-refractivity contribution in [2.45, 2.75) is 84.2 Å². The lowest BCUT2D eigenvalue weighted by Crippen LogP contribution is -2.62. The highest BCUT2D eigenvalue weighted by Crippen LogP contribution is 2.74. The highest BCUT2D eigenvalue weighted by atomic mass is 16.3. The molecule has 0 saturated heterocycles. The second kappa shape index (κ2) is 6.61. The van der Waals surface area contributed by atoms with Crippen LogP contribution in [0.4, 0.5) is 0 Å². The quantitative estimate of drug-likeness (QED) is 0.658. The van der Waals surface area contributed by atoms with Gasteiger partial charge in [0.15, 0.2) is 0 Å². The molecule has 1 heteroatoms. The van der Waals surface area contributed by atoms with Gasteiger partial charge < -0.3 is 5.11 Å². The number of hydrogen-bond donors (Lipinski definition) is 1. The lowest BCUT2D eigenvalue weighted by atomic mass is 9.34. The Balaban J connectivity index is 1.57. The molecule has 27 heavy (non-hydrogen) atoms. The Morgan fingerprint density at radius 1 is 1.04 bits per heavy atom. The number of hydrogen-bond acceptors (Lipinski definition) is 1. The van der Waals surface area contributed by atoms with Crippen molar-refractivity contribution in [2.24, 2.45) is 34.5 Å². The second-order valence-corrected chi connectivity index (χ2v) is 10.9. The Morgan fingerprint density at radius 3 is 2.33 bits per heavy atom. The molecule has 0 aromatic heterocycles. The summed E-state index contributed by atoms with van der Waals surface area (Å²) in [5, 5.41) is 10.7. The number of benzene rings is 1. The van der Waals surface area contributed by atoms with Gasteiger partial charge in [0.2, 0.25) is 0 Å². The lowest BCUT2D eigenvalue weighted by Gasteiger charge is -2.70. The van der Waals surface area contributed by atoms with Crippen LogP contribution >= 0.6 is 0 Å². The SMILES string of the molecule is CC(C)C1(Cc2ccccc2)[C]2CC3CC(C2)CC1(CC1CCCC1O)C3. The normalized spacial score (nSPS) is 43.7. The van der Waals surface area contributed by atoms with Crippen molar-refractivity contribution >= 4 is 0 Å². The summed E-state index contributed by atoms with van der Waals surface area (Å²) in [6, 6.07) is 11.3. The molecule has 1 aromatic carbocycles. The van der Waals surface area contributed by atoms with Crippen LogP contribution in [0.15, 0.2) is 30.3 Å². The van der Waals surface area contributed by atoms with Crippen LogP contribution in [0.2, 0.25) is 0 Å². The van der Waals surface area contributed by atoms with E-state index in [0.717, 1.165) is 18.3 Å². The molecular formula is C26H37O. The van der Waals surface area contributed by atoms with Gasteiger partial charge >= 0.3 is 0 Å². The second-order valence-electron chi connectivity index (χ2n) is 10.9. The van der Waals surface area contributed by atoms with Gasteiger partial charge in [0.1, 0.15) is 0 Å².